The van der Waals surface area contributed by atoms with Crippen molar-refractivity contribution in [2.75, 3.05) is 31.6 Å². The summed E-state index contributed by atoms with van der Waals surface area (Å²) in [6, 6.07) is 7.55. The van der Waals surface area contributed by atoms with Gasteiger partial charge in [0.05, 0.1) is 0 Å². The highest BCUT2D eigenvalue weighted by atomic mass is 16.3. The van der Waals surface area contributed by atoms with E-state index in [-0.39, 0.29) is 12.5 Å². The average Bonchev–Trinajstić information content (AvgIpc) is 3.07. The Hall–Kier alpha value is -1.98. The number of likely N-dealkylation sites (tertiary alicyclic amines) is 1. The number of hydrogen-bond acceptors (Lipinski definition) is 4. The van der Waals surface area contributed by atoms with Gasteiger partial charge in [-0.1, -0.05) is 18.2 Å². The standard InChI is InChI=1S/C20H27N3O2/c24-13-14-8-16(18-9-22-20-17(18)5-3-7-21-20)12-23(10-14)11-15-4-1-2-6-19(15)25/h1-2,4,6,9,14,16,21-22,24-25H,3,5,7-8,10-13H2/t14-,16?/m0/s1. The van der Waals surface area contributed by atoms with E-state index in [0.29, 0.717) is 11.7 Å². The molecule has 134 valence electrons. The third kappa shape index (κ3) is 3.39. The Bertz CT molecular complexity index is 727. The molecule has 5 heteroatoms. The summed E-state index contributed by atoms with van der Waals surface area (Å²) in [6.07, 6.45) is 5.49. The molecule has 2 aromatic rings. The Balaban J connectivity index is 1.55. The Kier molecular flexibility index (Phi) is 4.68. The predicted molar refractivity (Wildman–Crippen MR) is 98.9 cm³/mol. The first-order valence-corrected chi connectivity index (χ1v) is 9.28. The third-order valence-electron chi connectivity index (χ3n) is 5.62. The average molecular weight is 341 g/mol. The topological polar surface area (TPSA) is 71.5 Å². The van der Waals surface area contributed by atoms with Crippen LogP contribution in [-0.2, 0) is 13.0 Å². The molecule has 1 fully saturated rings. The van der Waals surface area contributed by atoms with E-state index in [9.17, 15) is 10.2 Å². The van der Waals surface area contributed by atoms with Crippen LogP contribution in [0.1, 0.15) is 35.4 Å². The fraction of sp³-hybridized carbons (Fsp3) is 0.500. The minimum Gasteiger partial charge on any atom is -0.508 e. The van der Waals surface area contributed by atoms with Gasteiger partial charge in [-0.2, -0.15) is 0 Å². The molecule has 2 aliphatic rings. The van der Waals surface area contributed by atoms with Crippen molar-refractivity contribution in [2.24, 2.45) is 5.92 Å². The smallest absolute Gasteiger partial charge is 0.120 e. The molecule has 25 heavy (non-hydrogen) atoms. The normalized spacial score (nSPS) is 23.9. The largest absolute Gasteiger partial charge is 0.508 e. The van der Waals surface area contributed by atoms with Crippen molar-refractivity contribution in [3.05, 3.63) is 47.2 Å². The molecule has 0 amide bonds. The number of phenols is 1. The molecule has 1 unspecified atom stereocenters. The van der Waals surface area contributed by atoms with Crippen LogP contribution in [0.15, 0.2) is 30.5 Å². The van der Waals surface area contributed by atoms with Crippen LogP contribution in [0.3, 0.4) is 0 Å². The molecule has 4 rings (SSSR count). The van der Waals surface area contributed by atoms with E-state index < -0.39 is 0 Å². The number of nitrogens with one attached hydrogen (secondary N) is 2. The van der Waals surface area contributed by atoms with Crippen molar-refractivity contribution >= 4 is 5.82 Å². The monoisotopic (exact) mass is 341 g/mol. The lowest BCUT2D eigenvalue weighted by Gasteiger charge is -2.37. The summed E-state index contributed by atoms with van der Waals surface area (Å²) < 4.78 is 0. The van der Waals surface area contributed by atoms with E-state index in [1.54, 1.807) is 6.07 Å². The second kappa shape index (κ2) is 7.10. The molecule has 3 heterocycles. The molecular weight excluding hydrogens is 314 g/mol. The number of hydrogen-bond donors (Lipinski definition) is 4. The SMILES string of the molecule is OC[C@H]1CC(c2c[nH]c3c2CCCN3)CN(Cc2ccccc2O)C1. The van der Waals surface area contributed by atoms with E-state index in [0.717, 1.165) is 44.6 Å². The predicted octanol–water partition coefficient (Wildman–Crippen LogP) is 2.68. The third-order valence-corrected chi connectivity index (χ3v) is 5.62. The number of aliphatic hydroxyl groups is 1. The summed E-state index contributed by atoms with van der Waals surface area (Å²) in [5, 5.41) is 23.3. The number of benzene rings is 1. The second-order valence-corrected chi connectivity index (χ2v) is 7.43. The van der Waals surface area contributed by atoms with Crippen molar-refractivity contribution in [1.82, 2.24) is 9.88 Å². The zero-order chi connectivity index (χ0) is 17.2. The van der Waals surface area contributed by atoms with Crippen molar-refractivity contribution in [3.8, 4) is 5.75 Å². The van der Waals surface area contributed by atoms with Gasteiger partial charge in [-0.15, -0.1) is 0 Å². The van der Waals surface area contributed by atoms with Crippen LogP contribution in [0.2, 0.25) is 0 Å². The van der Waals surface area contributed by atoms with E-state index in [2.05, 4.69) is 21.4 Å². The van der Waals surface area contributed by atoms with Crippen molar-refractivity contribution in [1.29, 1.82) is 0 Å². The van der Waals surface area contributed by atoms with Crippen LogP contribution < -0.4 is 5.32 Å². The molecule has 1 saturated heterocycles. The molecule has 5 nitrogen and oxygen atoms in total. The molecule has 0 saturated carbocycles. The van der Waals surface area contributed by atoms with Gasteiger partial charge in [0.25, 0.3) is 0 Å². The van der Waals surface area contributed by atoms with Gasteiger partial charge < -0.3 is 20.5 Å². The van der Waals surface area contributed by atoms with Crippen LogP contribution >= 0.6 is 0 Å². The molecule has 1 aromatic carbocycles. The summed E-state index contributed by atoms with van der Waals surface area (Å²) in [6.45, 7) is 3.83. The van der Waals surface area contributed by atoms with Crippen LogP contribution in [0.5, 0.6) is 5.75 Å². The lowest BCUT2D eigenvalue weighted by Crippen LogP contribution is -2.40. The molecule has 1 aromatic heterocycles. The van der Waals surface area contributed by atoms with E-state index in [1.807, 2.05) is 18.2 Å². The fourth-order valence-corrected chi connectivity index (χ4v) is 4.41. The Morgan fingerprint density at radius 1 is 1.20 bits per heavy atom. The summed E-state index contributed by atoms with van der Waals surface area (Å²) in [7, 11) is 0. The van der Waals surface area contributed by atoms with Gasteiger partial charge in [0.15, 0.2) is 0 Å². The maximum absolute atomic E-state index is 10.1. The quantitative estimate of drug-likeness (QED) is 0.690. The molecular formula is C20H27N3O2. The minimum absolute atomic E-state index is 0.221. The first-order valence-electron chi connectivity index (χ1n) is 9.28. The van der Waals surface area contributed by atoms with Crippen LogP contribution in [-0.4, -0.2) is 46.3 Å². The number of aromatic amines is 1. The van der Waals surface area contributed by atoms with Crippen molar-refractivity contribution in [3.63, 3.8) is 0 Å². The molecule has 0 aliphatic carbocycles. The number of aliphatic hydroxyl groups excluding tert-OH is 1. The number of rotatable bonds is 4. The van der Waals surface area contributed by atoms with Gasteiger partial charge in [-0.05, 0) is 48.3 Å². The zero-order valence-corrected chi connectivity index (χ0v) is 14.5. The number of phenolic OH excluding ortho intramolecular Hbond substituents is 1. The lowest BCUT2D eigenvalue weighted by molar-refractivity contribution is 0.101. The first-order chi connectivity index (χ1) is 12.2. The summed E-state index contributed by atoms with van der Waals surface area (Å²) >= 11 is 0. The number of aromatic nitrogens is 1. The minimum atomic E-state index is 0.221. The lowest BCUT2D eigenvalue weighted by atomic mass is 9.83. The number of H-pyrrole nitrogens is 1. The number of piperidine rings is 1. The molecule has 0 bridgehead atoms. The Labute approximate surface area is 148 Å². The summed E-state index contributed by atoms with van der Waals surface area (Å²) in [5.41, 5.74) is 3.79. The van der Waals surface area contributed by atoms with E-state index in [1.165, 1.54) is 23.4 Å². The number of fused-ring (bicyclic) bond motifs is 1. The summed E-state index contributed by atoms with van der Waals surface area (Å²) in [5.74, 6) is 2.25. The Morgan fingerprint density at radius 2 is 2.08 bits per heavy atom. The maximum atomic E-state index is 10.1. The van der Waals surface area contributed by atoms with Crippen LogP contribution in [0, 0.1) is 5.92 Å². The van der Waals surface area contributed by atoms with Gasteiger partial charge >= 0.3 is 0 Å². The molecule has 0 radical (unpaired) electrons. The number of nitrogens with zero attached hydrogens (tertiary/aromatic N) is 1. The Morgan fingerprint density at radius 3 is 2.92 bits per heavy atom. The number of para-hydroxylation sites is 1. The van der Waals surface area contributed by atoms with Crippen LogP contribution in [0.4, 0.5) is 5.82 Å². The van der Waals surface area contributed by atoms with Gasteiger partial charge in [-0.3, -0.25) is 4.90 Å². The first kappa shape index (κ1) is 16.5. The van der Waals surface area contributed by atoms with Gasteiger partial charge in [-0.25, -0.2) is 0 Å². The van der Waals surface area contributed by atoms with E-state index >= 15 is 0 Å². The van der Waals surface area contributed by atoms with Crippen LogP contribution in [0.25, 0.3) is 0 Å². The highest BCUT2D eigenvalue weighted by molar-refractivity contribution is 5.53. The number of anilines is 1. The van der Waals surface area contributed by atoms with Gasteiger partial charge in [0.2, 0.25) is 0 Å². The molecule has 0 spiro atoms. The van der Waals surface area contributed by atoms with Crippen molar-refractivity contribution < 1.29 is 10.2 Å². The van der Waals surface area contributed by atoms with Gasteiger partial charge in [0, 0.05) is 44.5 Å². The van der Waals surface area contributed by atoms with Gasteiger partial charge in [0.1, 0.15) is 11.6 Å². The zero-order valence-electron chi connectivity index (χ0n) is 14.5. The van der Waals surface area contributed by atoms with E-state index in [4.69, 9.17) is 0 Å². The number of aromatic hydroxyl groups is 1. The summed E-state index contributed by atoms with van der Waals surface area (Å²) in [4.78, 5) is 5.77. The van der Waals surface area contributed by atoms with Crippen molar-refractivity contribution in [2.45, 2.75) is 31.7 Å². The molecule has 2 atom stereocenters. The highest BCUT2D eigenvalue weighted by Gasteiger charge is 2.31. The highest BCUT2D eigenvalue weighted by Crippen LogP contribution is 2.37. The molecule has 4 N–H and O–H groups in total. The molecule has 2 aliphatic heterocycles. The second-order valence-electron chi connectivity index (χ2n) is 7.43. The maximum Gasteiger partial charge on any atom is 0.120 e. The fourth-order valence-electron chi connectivity index (χ4n) is 4.41.